The van der Waals surface area contributed by atoms with E-state index in [4.69, 9.17) is 5.14 Å². The Morgan fingerprint density at radius 3 is 2.41 bits per heavy atom. The molecule has 0 aliphatic carbocycles. The first-order chi connectivity index (χ1) is 7.74. The summed E-state index contributed by atoms with van der Waals surface area (Å²) in [5, 5.41) is 4.95. The van der Waals surface area contributed by atoms with Crippen LogP contribution in [0.3, 0.4) is 0 Å². The van der Waals surface area contributed by atoms with Crippen molar-refractivity contribution in [3.05, 3.63) is 17.0 Å². The molecule has 0 atom stereocenters. The Morgan fingerprint density at radius 2 is 1.94 bits per heavy atom. The molecule has 10 heteroatoms. The van der Waals surface area contributed by atoms with E-state index in [1.165, 1.54) is 13.1 Å². The highest BCUT2D eigenvalue weighted by molar-refractivity contribution is 7.91. The molecule has 1 heterocycles. The van der Waals surface area contributed by atoms with Crippen LogP contribution in [0.2, 0.25) is 0 Å². The van der Waals surface area contributed by atoms with Gasteiger partial charge in [-0.1, -0.05) is 0 Å². The fraction of sp³-hybridized carbons (Fsp3) is 0.429. The molecule has 0 aliphatic rings. The van der Waals surface area contributed by atoms with E-state index < -0.39 is 20.2 Å². The fourth-order valence-electron chi connectivity index (χ4n) is 1.03. The molecular weight excluding hydrogens is 286 g/mol. The molecule has 1 aromatic rings. The van der Waals surface area contributed by atoms with Crippen molar-refractivity contribution in [2.45, 2.75) is 10.6 Å². The van der Waals surface area contributed by atoms with E-state index in [9.17, 15) is 16.8 Å². The summed E-state index contributed by atoms with van der Waals surface area (Å²) < 4.78 is 48.5. The molecule has 0 saturated heterocycles. The van der Waals surface area contributed by atoms with E-state index >= 15 is 0 Å². The fourth-order valence-corrected chi connectivity index (χ4v) is 3.32. The van der Waals surface area contributed by atoms with Gasteiger partial charge in [0.15, 0.2) is 0 Å². The smallest absolute Gasteiger partial charge is 0.224 e. The average molecular weight is 299 g/mol. The molecule has 98 valence electrons. The number of rotatable bonds is 6. The van der Waals surface area contributed by atoms with Gasteiger partial charge in [0.2, 0.25) is 10.0 Å². The normalized spacial score (nSPS) is 12.8. The van der Waals surface area contributed by atoms with Gasteiger partial charge < -0.3 is 0 Å². The topological polar surface area (TPSA) is 118 Å². The van der Waals surface area contributed by atoms with Gasteiger partial charge in [-0.2, -0.15) is 8.42 Å². The standard InChI is InChI=1S/C7H13N3O4S3/c1-9-17(13,14)10-5-4-6-2-3-7(15-6)16(8,11)12/h2-3,9-10H,4-5H2,1H3,(H2,8,11,12). The molecule has 0 fully saturated rings. The van der Waals surface area contributed by atoms with Crippen molar-refractivity contribution in [1.29, 1.82) is 0 Å². The molecule has 7 nitrogen and oxygen atoms in total. The van der Waals surface area contributed by atoms with E-state index in [1.54, 1.807) is 6.07 Å². The van der Waals surface area contributed by atoms with Crippen molar-refractivity contribution in [1.82, 2.24) is 9.44 Å². The van der Waals surface area contributed by atoms with Crippen LogP contribution in [0.5, 0.6) is 0 Å². The van der Waals surface area contributed by atoms with Crippen LogP contribution in [0.25, 0.3) is 0 Å². The maximum absolute atomic E-state index is 11.0. The predicted octanol–water partition coefficient (Wildman–Crippen LogP) is -1.01. The van der Waals surface area contributed by atoms with E-state index in [0.717, 1.165) is 16.2 Å². The molecule has 0 aromatic carbocycles. The molecule has 1 rings (SSSR count). The van der Waals surface area contributed by atoms with Crippen molar-refractivity contribution in [3.63, 3.8) is 0 Å². The lowest BCUT2D eigenvalue weighted by molar-refractivity contribution is 0.573. The largest absolute Gasteiger partial charge is 0.276 e. The molecule has 4 N–H and O–H groups in total. The first-order valence-corrected chi connectivity index (χ1v) is 8.39. The van der Waals surface area contributed by atoms with Gasteiger partial charge in [-0.15, -0.1) is 11.3 Å². The third kappa shape index (κ3) is 4.69. The maximum atomic E-state index is 11.0. The summed E-state index contributed by atoms with van der Waals surface area (Å²) in [5.74, 6) is 0. The number of hydrogen-bond acceptors (Lipinski definition) is 5. The Bertz CT molecular complexity index is 575. The zero-order valence-electron chi connectivity index (χ0n) is 9.00. The molecule has 0 amide bonds. The Hall–Kier alpha value is -0.520. The Balaban J connectivity index is 2.58. The van der Waals surface area contributed by atoms with Gasteiger partial charge in [0, 0.05) is 18.5 Å². The molecule has 0 spiro atoms. The molecule has 0 aliphatic heterocycles. The Kier molecular flexibility index (Phi) is 4.63. The van der Waals surface area contributed by atoms with Crippen LogP contribution in [0.1, 0.15) is 4.88 Å². The average Bonchev–Trinajstić information content (AvgIpc) is 2.66. The number of primary sulfonamides is 1. The van der Waals surface area contributed by atoms with Gasteiger partial charge in [0.05, 0.1) is 0 Å². The molecule has 0 unspecified atom stereocenters. The van der Waals surface area contributed by atoms with Gasteiger partial charge in [0.25, 0.3) is 10.2 Å². The summed E-state index contributed by atoms with van der Waals surface area (Å²) in [6.45, 7) is 0.188. The molecule has 0 bridgehead atoms. The number of nitrogens with two attached hydrogens (primary N) is 1. The highest BCUT2D eigenvalue weighted by atomic mass is 32.2. The van der Waals surface area contributed by atoms with Crippen molar-refractivity contribution in [2.75, 3.05) is 13.6 Å². The number of sulfonamides is 1. The Labute approximate surface area is 104 Å². The third-order valence-corrected chi connectivity index (χ3v) is 5.55. The monoisotopic (exact) mass is 299 g/mol. The molecule has 17 heavy (non-hydrogen) atoms. The van der Waals surface area contributed by atoms with E-state index in [2.05, 4.69) is 9.44 Å². The summed E-state index contributed by atoms with van der Waals surface area (Å²) in [5.41, 5.74) is 0. The minimum atomic E-state index is -3.67. The third-order valence-electron chi connectivity index (χ3n) is 1.85. The zero-order chi connectivity index (χ0) is 13.1. The summed E-state index contributed by atoms with van der Waals surface area (Å²) in [6.07, 6.45) is 0.404. The first-order valence-electron chi connectivity index (χ1n) is 4.54. The van der Waals surface area contributed by atoms with Gasteiger partial charge in [-0.25, -0.2) is 23.0 Å². The molecule has 1 aromatic heterocycles. The quantitative estimate of drug-likeness (QED) is 0.623. The summed E-state index contributed by atoms with van der Waals surface area (Å²) in [6, 6.07) is 3.01. The predicted molar refractivity (Wildman–Crippen MR) is 65.4 cm³/mol. The van der Waals surface area contributed by atoms with Gasteiger partial charge in [-0.05, 0) is 18.6 Å². The van der Waals surface area contributed by atoms with Crippen molar-refractivity contribution >= 4 is 31.6 Å². The first kappa shape index (κ1) is 14.5. The molecule has 0 saturated carbocycles. The second-order valence-electron chi connectivity index (χ2n) is 3.12. The number of thiophene rings is 1. The number of hydrogen-bond donors (Lipinski definition) is 3. The lowest BCUT2D eigenvalue weighted by atomic mass is 10.3. The SMILES string of the molecule is CNS(=O)(=O)NCCc1ccc(S(N)(=O)=O)s1. The summed E-state index contributed by atoms with van der Waals surface area (Å²) >= 11 is 1.03. The van der Waals surface area contributed by atoms with Crippen molar-refractivity contribution < 1.29 is 16.8 Å². The maximum Gasteiger partial charge on any atom is 0.276 e. The van der Waals surface area contributed by atoms with Crippen LogP contribution in [-0.2, 0) is 26.7 Å². The summed E-state index contributed by atoms with van der Waals surface area (Å²) in [4.78, 5) is 0.743. The van der Waals surface area contributed by atoms with Crippen molar-refractivity contribution in [3.8, 4) is 0 Å². The van der Waals surface area contributed by atoms with E-state index in [-0.39, 0.29) is 10.8 Å². The van der Waals surface area contributed by atoms with Crippen LogP contribution in [0, 0.1) is 0 Å². The van der Waals surface area contributed by atoms with Crippen LogP contribution in [0.4, 0.5) is 0 Å². The number of nitrogens with one attached hydrogen (secondary N) is 2. The minimum absolute atomic E-state index is 0.0731. The van der Waals surface area contributed by atoms with E-state index in [1.807, 2.05) is 0 Å². The summed E-state index contributed by atoms with van der Waals surface area (Å²) in [7, 11) is -5.82. The van der Waals surface area contributed by atoms with Crippen molar-refractivity contribution in [2.24, 2.45) is 5.14 Å². The zero-order valence-corrected chi connectivity index (χ0v) is 11.5. The van der Waals surface area contributed by atoms with Gasteiger partial charge in [-0.3, -0.25) is 0 Å². The molecule has 0 radical (unpaired) electrons. The second-order valence-corrected chi connectivity index (χ2v) is 7.78. The molecular formula is C7H13N3O4S3. The highest BCUT2D eigenvalue weighted by Gasteiger charge is 2.11. The lowest BCUT2D eigenvalue weighted by Crippen LogP contribution is -2.35. The van der Waals surface area contributed by atoms with Gasteiger partial charge in [0.1, 0.15) is 4.21 Å². The second kappa shape index (κ2) is 5.42. The lowest BCUT2D eigenvalue weighted by Gasteiger charge is -2.03. The van der Waals surface area contributed by atoms with Crippen LogP contribution in [0.15, 0.2) is 16.3 Å². The Morgan fingerprint density at radius 1 is 1.29 bits per heavy atom. The van der Waals surface area contributed by atoms with Crippen LogP contribution < -0.4 is 14.6 Å². The van der Waals surface area contributed by atoms with Gasteiger partial charge >= 0.3 is 0 Å². The highest BCUT2D eigenvalue weighted by Crippen LogP contribution is 2.20. The van der Waals surface area contributed by atoms with E-state index in [0.29, 0.717) is 6.42 Å². The minimum Gasteiger partial charge on any atom is -0.224 e. The van der Waals surface area contributed by atoms with Crippen LogP contribution in [-0.4, -0.2) is 30.4 Å². The van der Waals surface area contributed by atoms with Crippen LogP contribution >= 0.6 is 11.3 Å².